The number of ether oxygens (including phenoxy) is 2. The summed E-state index contributed by atoms with van der Waals surface area (Å²) in [7, 11) is 1.38. The summed E-state index contributed by atoms with van der Waals surface area (Å²) >= 11 is 0. The van der Waals surface area contributed by atoms with Crippen LogP contribution in [-0.4, -0.2) is 85.7 Å². The van der Waals surface area contributed by atoms with E-state index in [1.165, 1.54) is 20.0 Å². The van der Waals surface area contributed by atoms with Gasteiger partial charge in [0.1, 0.15) is 0 Å². The summed E-state index contributed by atoms with van der Waals surface area (Å²) in [6.45, 7) is 4.78. The van der Waals surface area contributed by atoms with Gasteiger partial charge in [-0.2, -0.15) is 0 Å². The Morgan fingerprint density at radius 2 is 1.88 bits per heavy atom. The second kappa shape index (κ2) is 14.2. The number of piperidine rings is 2. The Balaban J connectivity index is 0.000000208. The molecule has 4 N–H and O–H groups in total. The minimum Gasteiger partial charge on any atom is -0.453 e. The molecule has 3 aliphatic rings. The Hall–Kier alpha value is -0.930. The second-order valence-corrected chi connectivity index (χ2v) is 6.97. The fraction of sp³-hybridized carbons (Fsp3) is 0.944. The summed E-state index contributed by atoms with van der Waals surface area (Å²) in [5.41, 5.74) is 0. The molecule has 0 spiro atoms. The smallest absolute Gasteiger partial charge is 0.409 e. The van der Waals surface area contributed by atoms with Gasteiger partial charge in [0.05, 0.1) is 7.11 Å². The van der Waals surface area contributed by atoms with Crippen LogP contribution in [0.1, 0.15) is 38.5 Å². The van der Waals surface area contributed by atoms with E-state index in [1.807, 2.05) is 0 Å². The molecule has 0 saturated carbocycles. The predicted octanol–water partition coefficient (Wildman–Crippen LogP) is 0.551. The maximum absolute atomic E-state index is 11.1. The Kier molecular flexibility index (Phi) is 12.6. The number of amides is 1. The van der Waals surface area contributed by atoms with Gasteiger partial charge in [-0.3, -0.25) is 0 Å². The fourth-order valence-corrected chi connectivity index (χ4v) is 3.15. The van der Waals surface area contributed by atoms with Crippen LogP contribution in [0.3, 0.4) is 0 Å². The SMILES string of the molecule is COC(=O)N1CCCC(CO)C1.OC1CCCO1.OCC1CCCNC1. The first kappa shape index (κ1) is 23.1. The summed E-state index contributed by atoms with van der Waals surface area (Å²) in [5, 5.41) is 29.3. The van der Waals surface area contributed by atoms with Crippen molar-refractivity contribution in [2.75, 3.05) is 53.1 Å². The number of carbonyl (C=O) groups excluding carboxylic acids is 1. The number of hydrogen-bond acceptors (Lipinski definition) is 7. The summed E-state index contributed by atoms with van der Waals surface area (Å²) in [6.07, 6.45) is 5.48. The molecule has 3 heterocycles. The van der Waals surface area contributed by atoms with Crippen molar-refractivity contribution in [3.63, 3.8) is 0 Å². The van der Waals surface area contributed by atoms with Gasteiger partial charge < -0.3 is 35.0 Å². The van der Waals surface area contributed by atoms with Crippen LogP contribution < -0.4 is 5.32 Å². The average molecular weight is 376 g/mol. The maximum atomic E-state index is 11.1. The summed E-state index contributed by atoms with van der Waals surface area (Å²) < 4.78 is 9.30. The highest BCUT2D eigenvalue weighted by Crippen LogP contribution is 2.16. The third kappa shape index (κ3) is 9.68. The lowest BCUT2D eigenvalue weighted by Crippen LogP contribution is -2.40. The van der Waals surface area contributed by atoms with Crippen LogP contribution in [0.15, 0.2) is 0 Å². The maximum Gasteiger partial charge on any atom is 0.409 e. The molecule has 1 amide bonds. The van der Waals surface area contributed by atoms with E-state index in [2.05, 4.69) is 10.1 Å². The Labute approximate surface area is 156 Å². The summed E-state index contributed by atoms with van der Waals surface area (Å²) in [5.74, 6) is 0.765. The van der Waals surface area contributed by atoms with Crippen LogP contribution in [0.5, 0.6) is 0 Å². The molecule has 3 fully saturated rings. The number of nitrogens with one attached hydrogen (secondary N) is 1. The molecule has 0 aromatic carbocycles. The van der Waals surface area contributed by atoms with Crippen molar-refractivity contribution in [3.05, 3.63) is 0 Å². The van der Waals surface area contributed by atoms with E-state index < -0.39 is 6.29 Å². The lowest BCUT2D eigenvalue weighted by molar-refractivity contribution is -0.0589. The molecule has 0 aromatic heterocycles. The van der Waals surface area contributed by atoms with Crippen LogP contribution in [0.2, 0.25) is 0 Å². The van der Waals surface area contributed by atoms with E-state index in [0.717, 1.165) is 51.9 Å². The van der Waals surface area contributed by atoms with Gasteiger partial charge in [0.25, 0.3) is 0 Å². The van der Waals surface area contributed by atoms with Gasteiger partial charge in [-0.25, -0.2) is 4.79 Å². The first-order valence-corrected chi connectivity index (χ1v) is 9.65. The molecular formula is C18H36N2O6. The van der Waals surface area contributed by atoms with Gasteiger partial charge in [-0.15, -0.1) is 0 Å². The van der Waals surface area contributed by atoms with Gasteiger partial charge in [0.15, 0.2) is 6.29 Å². The molecular weight excluding hydrogens is 340 g/mol. The average Bonchev–Trinajstić information content (AvgIpc) is 3.20. The van der Waals surface area contributed by atoms with Crippen LogP contribution in [0, 0.1) is 11.8 Å². The van der Waals surface area contributed by atoms with E-state index in [-0.39, 0.29) is 18.6 Å². The van der Waals surface area contributed by atoms with E-state index in [9.17, 15) is 4.79 Å². The standard InChI is InChI=1S/C8H15NO3.C6H13NO.C4H8O2/c1-12-8(11)9-4-2-3-7(5-9)6-10;8-5-6-2-1-3-7-4-6;5-4-2-1-3-6-4/h7,10H,2-6H2,1H3;6-8H,1-5H2;4-5H,1-3H2. The number of nitrogens with zero attached hydrogens (tertiary/aromatic N) is 1. The molecule has 8 nitrogen and oxygen atoms in total. The quantitative estimate of drug-likeness (QED) is 0.557. The number of aliphatic hydroxyl groups is 3. The van der Waals surface area contributed by atoms with Crippen LogP contribution in [-0.2, 0) is 9.47 Å². The number of carbonyl (C=O) groups is 1. The molecule has 8 heteroatoms. The number of methoxy groups -OCH3 is 1. The predicted molar refractivity (Wildman–Crippen MR) is 97.7 cm³/mol. The van der Waals surface area contributed by atoms with Crippen molar-refractivity contribution in [2.45, 2.75) is 44.8 Å². The Morgan fingerprint density at radius 1 is 1.15 bits per heavy atom. The normalized spacial score (nSPS) is 28.3. The van der Waals surface area contributed by atoms with Gasteiger partial charge in [0, 0.05) is 45.9 Å². The van der Waals surface area contributed by atoms with Gasteiger partial charge in [0.2, 0.25) is 0 Å². The van der Waals surface area contributed by atoms with Crippen LogP contribution in [0.25, 0.3) is 0 Å². The monoisotopic (exact) mass is 376 g/mol. The Bertz CT molecular complexity index is 360. The minimum atomic E-state index is -0.454. The van der Waals surface area contributed by atoms with Crippen molar-refractivity contribution in [1.82, 2.24) is 10.2 Å². The first-order chi connectivity index (χ1) is 12.6. The molecule has 0 radical (unpaired) electrons. The van der Waals surface area contributed by atoms with Crippen LogP contribution in [0.4, 0.5) is 4.79 Å². The molecule has 3 atom stereocenters. The zero-order chi connectivity index (χ0) is 19.2. The summed E-state index contributed by atoms with van der Waals surface area (Å²) in [4.78, 5) is 12.7. The zero-order valence-electron chi connectivity index (χ0n) is 15.9. The third-order valence-electron chi connectivity index (χ3n) is 4.77. The molecule has 0 bridgehead atoms. The van der Waals surface area contributed by atoms with Gasteiger partial charge >= 0.3 is 6.09 Å². The molecule has 3 unspecified atom stereocenters. The number of rotatable bonds is 2. The van der Waals surface area contributed by atoms with Crippen molar-refractivity contribution in [2.24, 2.45) is 11.8 Å². The molecule has 0 aromatic rings. The Morgan fingerprint density at radius 3 is 2.31 bits per heavy atom. The van der Waals surface area contributed by atoms with E-state index in [0.29, 0.717) is 19.1 Å². The van der Waals surface area contributed by atoms with E-state index >= 15 is 0 Å². The first-order valence-electron chi connectivity index (χ1n) is 9.65. The fourth-order valence-electron chi connectivity index (χ4n) is 3.15. The highest BCUT2D eigenvalue weighted by Gasteiger charge is 2.23. The van der Waals surface area contributed by atoms with E-state index in [4.69, 9.17) is 20.1 Å². The molecule has 3 saturated heterocycles. The lowest BCUT2D eigenvalue weighted by Gasteiger charge is -2.30. The minimum absolute atomic E-state index is 0.160. The summed E-state index contributed by atoms with van der Waals surface area (Å²) in [6, 6.07) is 0. The zero-order valence-corrected chi connectivity index (χ0v) is 15.9. The van der Waals surface area contributed by atoms with Crippen LogP contribution >= 0.6 is 0 Å². The van der Waals surface area contributed by atoms with Crippen molar-refractivity contribution in [1.29, 1.82) is 0 Å². The van der Waals surface area contributed by atoms with Crippen molar-refractivity contribution >= 4 is 6.09 Å². The molecule has 26 heavy (non-hydrogen) atoms. The highest BCUT2D eigenvalue weighted by molar-refractivity contribution is 5.67. The topological polar surface area (TPSA) is 111 Å². The largest absolute Gasteiger partial charge is 0.453 e. The highest BCUT2D eigenvalue weighted by atomic mass is 16.6. The van der Waals surface area contributed by atoms with Crippen molar-refractivity contribution in [3.8, 4) is 0 Å². The number of hydrogen-bond donors (Lipinski definition) is 4. The van der Waals surface area contributed by atoms with Gasteiger partial charge in [-0.1, -0.05) is 0 Å². The molecule has 3 aliphatic heterocycles. The number of aliphatic hydroxyl groups excluding tert-OH is 3. The molecule has 154 valence electrons. The van der Waals surface area contributed by atoms with Gasteiger partial charge in [-0.05, 0) is 50.5 Å². The molecule has 3 rings (SSSR count). The molecule has 0 aliphatic carbocycles. The van der Waals surface area contributed by atoms with E-state index in [1.54, 1.807) is 4.90 Å². The lowest BCUT2D eigenvalue weighted by atomic mass is 10.00. The van der Waals surface area contributed by atoms with Crippen molar-refractivity contribution < 1.29 is 29.6 Å². The third-order valence-corrected chi connectivity index (χ3v) is 4.77. The number of likely N-dealkylation sites (tertiary alicyclic amines) is 1. The second-order valence-electron chi connectivity index (χ2n) is 6.97.